The van der Waals surface area contributed by atoms with Crippen LogP contribution in [0.1, 0.15) is 60.3 Å². The lowest BCUT2D eigenvalue weighted by Gasteiger charge is -2.34. The van der Waals surface area contributed by atoms with Gasteiger partial charge in [0.1, 0.15) is 11.7 Å². The predicted octanol–water partition coefficient (Wildman–Crippen LogP) is 4.15. The minimum atomic E-state index is -1.26. The first-order valence-electron chi connectivity index (χ1n) is 8.01. The molecule has 0 saturated heterocycles. The van der Waals surface area contributed by atoms with Crippen LogP contribution in [-0.2, 0) is 0 Å². The van der Waals surface area contributed by atoms with Crippen molar-refractivity contribution < 1.29 is 10.2 Å². The van der Waals surface area contributed by atoms with Crippen LogP contribution >= 0.6 is 0 Å². The fourth-order valence-corrected chi connectivity index (χ4v) is 2.88. The third-order valence-corrected chi connectivity index (χ3v) is 4.60. The second kappa shape index (κ2) is 7.31. The van der Waals surface area contributed by atoms with Crippen molar-refractivity contribution in [2.45, 2.75) is 72.0 Å². The molecule has 2 nitrogen and oxygen atoms in total. The van der Waals surface area contributed by atoms with Gasteiger partial charge < -0.3 is 10.2 Å². The first kappa shape index (κ1) is 18.7. The predicted molar refractivity (Wildman–Crippen MR) is 93.3 cm³/mol. The van der Waals surface area contributed by atoms with Gasteiger partial charge in [0.15, 0.2) is 0 Å². The molecule has 0 heterocycles. The molecular weight excluding hydrogens is 272 g/mol. The van der Waals surface area contributed by atoms with Crippen LogP contribution < -0.4 is 0 Å². The topological polar surface area (TPSA) is 40.5 Å². The van der Waals surface area contributed by atoms with E-state index in [1.54, 1.807) is 6.92 Å². The van der Waals surface area contributed by atoms with Gasteiger partial charge in [-0.05, 0) is 63.5 Å². The van der Waals surface area contributed by atoms with Gasteiger partial charge in [0.25, 0.3) is 0 Å². The molecule has 0 aromatic rings. The minimum absolute atomic E-state index is 0.238. The molecule has 0 radical (unpaired) electrons. The molecule has 1 aliphatic carbocycles. The SMILES string of the molecule is C=CC(C)(O)C#CC(O)C(C)=CCC1=C(C)CCCC1(C)C. The smallest absolute Gasteiger partial charge is 0.141 e. The van der Waals surface area contributed by atoms with Crippen LogP contribution in [0.3, 0.4) is 0 Å². The number of aliphatic hydroxyl groups is 2. The lowest BCUT2D eigenvalue weighted by Crippen LogP contribution is -2.20. The van der Waals surface area contributed by atoms with Crippen molar-refractivity contribution in [2.24, 2.45) is 5.41 Å². The maximum Gasteiger partial charge on any atom is 0.141 e. The Morgan fingerprint density at radius 3 is 2.68 bits per heavy atom. The monoisotopic (exact) mass is 302 g/mol. The largest absolute Gasteiger partial charge is 0.376 e. The average molecular weight is 302 g/mol. The Balaban J connectivity index is 2.83. The van der Waals surface area contributed by atoms with Crippen molar-refractivity contribution in [3.8, 4) is 11.8 Å². The number of hydrogen-bond donors (Lipinski definition) is 2. The lowest BCUT2D eigenvalue weighted by atomic mass is 9.71. The quantitative estimate of drug-likeness (QED) is 0.605. The molecule has 0 bridgehead atoms. The molecule has 22 heavy (non-hydrogen) atoms. The van der Waals surface area contributed by atoms with Crippen molar-refractivity contribution in [3.63, 3.8) is 0 Å². The summed E-state index contributed by atoms with van der Waals surface area (Å²) in [6.45, 7) is 13.8. The second-order valence-corrected chi connectivity index (χ2v) is 7.17. The van der Waals surface area contributed by atoms with Crippen LogP contribution in [0.4, 0.5) is 0 Å². The summed E-state index contributed by atoms with van der Waals surface area (Å²) in [4.78, 5) is 0. The standard InChI is InChI=1S/C20H30O2/c1-7-20(6,22)14-12-18(21)16(3)10-11-17-15(2)9-8-13-19(17,4)5/h7,10,18,21-22H,1,8-9,11,13H2,2-6H3. The summed E-state index contributed by atoms with van der Waals surface area (Å²) >= 11 is 0. The Morgan fingerprint density at radius 2 is 2.14 bits per heavy atom. The van der Waals surface area contributed by atoms with Gasteiger partial charge in [-0.15, -0.1) is 0 Å². The number of hydrogen-bond acceptors (Lipinski definition) is 2. The van der Waals surface area contributed by atoms with E-state index in [2.05, 4.69) is 45.3 Å². The first-order chi connectivity index (χ1) is 10.1. The molecule has 2 heteroatoms. The molecule has 0 aliphatic heterocycles. The van der Waals surface area contributed by atoms with Crippen molar-refractivity contribution >= 4 is 0 Å². The number of rotatable bonds is 4. The Bertz CT molecular complexity index is 536. The average Bonchev–Trinajstić information content (AvgIpc) is 2.43. The van der Waals surface area contributed by atoms with E-state index in [-0.39, 0.29) is 5.41 Å². The van der Waals surface area contributed by atoms with Crippen LogP contribution in [-0.4, -0.2) is 21.9 Å². The summed E-state index contributed by atoms with van der Waals surface area (Å²) in [7, 11) is 0. The van der Waals surface area contributed by atoms with E-state index < -0.39 is 11.7 Å². The van der Waals surface area contributed by atoms with Crippen molar-refractivity contribution in [1.82, 2.24) is 0 Å². The lowest BCUT2D eigenvalue weighted by molar-refractivity contribution is 0.173. The maximum absolute atomic E-state index is 10.1. The Hall–Kier alpha value is -1.30. The van der Waals surface area contributed by atoms with Gasteiger partial charge >= 0.3 is 0 Å². The molecule has 122 valence electrons. The highest BCUT2D eigenvalue weighted by atomic mass is 16.3. The van der Waals surface area contributed by atoms with E-state index in [9.17, 15) is 10.2 Å². The molecule has 0 aromatic heterocycles. The third kappa shape index (κ3) is 5.16. The molecule has 2 unspecified atom stereocenters. The molecule has 0 aromatic carbocycles. The summed E-state index contributed by atoms with van der Waals surface area (Å²) in [6.07, 6.45) is 7.10. The van der Waals surface area contributed by atoms with Crippen LogP contribution in [0.25, 0.3) is 0 Å². The van der Waals surface area contributed by atoms with Crippen molar-refractivity contribution in [1.29, 1.82) is 0 Å². The normalized spacial score (nSPS) is 22.4. The van der Waals surface area contributed by atoms with Crippen LogP contribution in [0.15, 0.2) is 35.5 Å². The third-order valence-electron chi connectivity index (χ3n) is 4.60. The fraction of sp³-hybridized carbons (Fsp3) is 0.600. The van der Waals surface area contributed by atoms with Crippen LogP contribution in [0.2, 0.25) is 0 Å². The zero-order valence-electron chi connectivity index (χ0n) is 14.7. The number of allylic oxidation sites excluding steroid dienone is 3. The zero-order valence-corrected chi connectivity index (χ0v) is 14.7. The number of aliphatic hydroxyl groups excluding tert-OH is 1. The van der Waals surface area contributed by atoms with E-state index in [0.29, 0.717) is 0 Å². The van der Waals surface area contributed by atoms with Crippen molar-refractivity contribution in [2.75, 3.05) is 0 Å². The Morgan fingerprint density at radius 1 is 1.50 bits per heavy atom. The van der Waals surface area contributed by atoms with Gasteiger partial charge in [-0.1, -0.05) is 49.5 Å². The van der Waals surface area contributed by atoms with Crippen molar-refractivity contribution in [3.05, 3.63) is 35.5 Å². The molecule has 1 aliphatic rings. The summed E-state index contributed by atoms with van der Waals surface area (Å²) in [5.41, 5.74) is 2.77. The van der Waals surface area contributed by atoms with E-state index in [1.165, 1.54) is 36.5 Å². The van der Waals surface area contributed by atoms with E-state index in [4.69, 9.17) is 0 Å². The second-order valence-electron chi connectivity index (χ2n) is 7.17. The summed E-state index contributed by atoms with van der Waals surface area (Å²) < 4.78 is 0. The summed E-state index contributed by atoms with van der Waals surface area (Å²) in [6, 6.07) is 0. The van der Waals surface area contributed by atoms with E-state index in [0.717, 1.165) is 12.0 Å². The van der Waals surface area contributed by atoms with E-state index >= 15 is 0 Å². The van der Waals surface area contributed by atoms with Crippen LogP contribution in [0.5, 0.6) is 0 Å². The fourth-order valence-electron chi connectivity index (χ4n) is 2.88. The van der Waals surface area contributed by atoms with Gasteiger partial charge in [0.05, 0.1) is 0 Å². The maximum atomic E-state index is 10.1. The molecular formula is C20H30O2. The van der Waals surface area contributed by atoms with Gasteiger partial charge in [0.2, 0.25) is 0 Å². The van der Waals surface area contributed by atoms with Gasteiger partial charge in [0, 0.05) is 0 Å². The van der Waals surface area contributed by atoms with E-state index in [1.807, 2.05) is 6.92 Å². The highest BCUT2D eigenvalue weighted by Gasteiger charge is 2.27. The first-order valence-corrected chi connectivity index (χ1v) is 8.01. The molecule has 0 spiro atoms. The highest BCUT2D eigenvalue weighted by Crippen LogP contribution is 2.42. The molecule has 0 amide bonds. The summed E-state index contributed by atoms with van der Waals surface area (Å²) in [5.74, 6) is 5.33. The minimum Gasteiger partial charge on any atom is -0.376 e. The van der Waals surface area contributed by atoms with Crippen LogP contribution in [0, 0.1) is 17.3 Å². The van der Waals surface area contributed by atoms with Gasteiger partial charge in [-0.25, -0.2) is 0 Å². The molecule has 0 fully saturated rings. The molecule has 0 saturated carbocycles. The molecule has 2 N–H and O–H groups in total. The zero-order chi connectivity index (χ0) is 17.0. The highest BCUT2D eigenvalue weighted by molar-refractivity contribution is 5.30. The van der Waals surface area contributed by atoms with Gasteiger partial charge in [-0.2, -0.15) is 0 Å². The molecule has 2 atom stereocenters. The van der Waals surface area contributed by atoms with Gasteiger partial charge in [-0.3, -0.25) is 0 Å². The molecule has 1 rings (SSSR count). The Kier molecular flexibility index (Phi) is 6.23. The Labute approximate surface area is 135 Å². The summed E-state index contributed by atoms with van der Waals surface area (Å²) in [5, 5.41) is 19.9.